The van der Waals surface area contributed by atoms with E-state index in [1.165, 1.54) is 0 Å². The summed E-state index contributed by atoms with van der Waals surface area (Å²) in [6.45, 7) is 16.0. The monoisotopic (exact) mass is 185 g/mol. The van der Waals surface area contributed by atoms with E-state index in [-0.39, 0.29) is 0 Å². The lowest BCUT2D eigenvalue weighted by Crippen LogP contribution is -2.42. The standard InChI is InChI=1S/C12H27N/c1-8(2)10(5)12(7)13-11(6)9(3)4/h8-13H,1-7H3. The maximum absolute atomic E-state index is 3.66. The summed E-state index contributed by atoms with van der Waals surface area (Å²) in [6, 6.07) is 1.24. The Bertz CT molecular complexity index is 129. The second kappa shape index (κ2) is 5.64. The molecule has 0 aliphatic carbocycles. The Morgan fingerprint density at radius 1 is 0.615 bits per heavy atom. The first-order valence-electron chi connectivity index (χ1n) is 5.62. The maximum atomic E-state index is 3.66. The van der Waals surface area contributed by atoms with Gasteiger partial charge in [-0.3, -0.25) is 0 Å². The molecule has 0 bridgehead atoms. The summed E-state index contributed by atoms with van der Waals surface area (Å²) in [6.07, 6.45) is 0. The van der Waals surface area contributed by atoms with E-state index < -0.39 is 0 Å². The minimum Gasteiger partial charge on any atom is -0.311 e. The van der Waals surface area contributed by atoms with Gasteiger partial charge in [0.2, 0.25) is 0 Å². The van der Waals surface area contributed by atoms with Crippen LogP contribution in [0.25, 0.3) is 0 Å². The van der Waals surface area contributed by atoms with Crippen molar-refractivity contribution in [2.24, 2.45) is 17.8 Å². The lowest BCUT2D eigenvalue weighted by molar-refractivity contribution is 0.273. The molecule has 1 N–H and O–H groups in total. The maximum Gasteiger partial charge on any atom is 0.00693 e. The van der Waals surface area contributed by atoms with Crippen molar-refractivity contribution in [3.63, 3.8) is 0 Å². The smallest absolute Gasteiger partial charge is 0.00693 e. The number of rotatable bonds is 5. The Kier molecular flexibility index (Phi) is 5.62. The van der Waals surface area contributed by atoms with Crippen LogP contribution in [0.15, 0.2) is 0 Å². The predicted octanol–water partition coefficient (Wildman–Crippen LogP) is 3.30. The van der Waals surface area contributed by atoms with Gasteiger partial charge in [0, 0.05) is 12.1 Å². The molecule has 0 saturated heterocycles. The van der Waals surface area contributed by atoms with Gasteiger partial charge in [0.25, 0.3) is 0 Å². The zero-order valence-electron chi connectivity index (χ0n) is 10.4. The fourth-order valence-corrected chi connectivity index (χ4v) is 1.34. The zero-order chi connectivity index (χ0) is 10.6. The highest BCUT2D eigenvalue weighted by molar-refractivity contribution is 4.75. The summed E-state index contributed by atoms with van der Waals surface area (Å²) in [7, 11) is 0. The third-order valence-corrected chi connectivity index (χ3v) is 3.37. The van der Waals surface area contributed by atoms with E-state index in [1.807, 2.05) is 0 Å². The minimum atomic E-state index is 0.621. The van der Waals surface area contributed by atoms with E-state index in [4.69, 9.17) is 0 Å². The Morgan fingerprint density at radius 2 is 1.08 bits per heavy atom. The zero-order valence-corrected chi connectivity index (χ0v) is 10.4. The summed E-state index contributed by atoms with van der Waals surface area (Å²) in [4.78, 5) is 0. The van der Waals surface area contributed by atoms with Gasteiger partial charge >= 0.3 is 0 Å². The minimum absolute atomic E-state index is 0.621. The fraction of sp³-hybridized carbons (Fsp3) is 1.00. The molecule has 0 spiro atoms. The Morgan fingerprint density at radius 3 is 1.38 bits per heavy atom. The second-order valence-electron chi connectivity index (χ2n) is 5.09. The first kappa shape index (κ1) is 13.0. The van der Waals surface area contributed by atoms with Crippen LogP contribution >= 0.6 is 0 Å². The van der Waals surface area contributed by atoms with Crippen LogP contribution in [0.3, 0.4) is 0 Å². The van der Waals surface area contributed by atoms with E-state index in [9.17, 15) is 0 Å². The molecule has 3 atom stereocenters. The largest absolute Gasteiger partial charge is 0.311 e. The molecule has 0 amide bonds. The van der Waals surface area contributed by atoms with Gasteiger partial charge in [-0.2, -0.15) is 0 Å². The molecular weight excluding hydrogens is 158 g/mol. The molecular formula is C12H27N. The normalized spacial score (nSPS) is 19.2. The van der Waals surface area contributed by atoms with Crippen LogP contribution in [0.5, 0.6) is 0 Å². The molecule has 0 aromatic carbocycles. The van der Waals surface area contributed by atoms with Crippen molar-refractivity contribution in [2.45, 2.75) is 60.5 Å². The van der Waals surface area contributed by atoms with Crippen molar-refractivity contribution in [3.05, 3.63) is 0 Å². The highest BCUT2D eigenvalue weighted by Gasteiger charge is 2.18. The van der Waals surface area contributed by atoms with E-state index in [2.05, 4.69) is 53.8 Å². The average Bonchev–Trinajstić information content (AvgIpc) is 2.02. The fourth-order valence-electron chi connectivity index (χ4n) is 1.34. The summed E-state index contributed by atoms with van der Waals surface area (Å²) in [5.74, 6) is 2.24. The summed E-state index contributed by atoms with van der Waals surface area (Å²) < 4.78 is 0. The molecule has 0 rings (SSSR count). The van der Waals surface area contributed by atoms with Crippen LogP contribution in [0.2, 0.25) is 0 Å². The lowest BCUT2D eigenvalue weighted by atomic mass is 9.90. The quantitative estimate of drug-likeness (QED) is 0.693. The molecule has 0 aromatic heterocycles. The van der Waals surface area contributed by atoms with Gasteiger partial charge in [-0.1, -0.05) is 34.6 Å². The summed E-state index contributed by atoms with van der Waals surface area (Å²) in [5.41, 5.74) is 0. The Hall–Kier alpha value is -0.0400. The predicted molar refractivity (Wildman–Crippen MR) is 60.9 cm³/mol. The number of nitrogens with one attached hydrogen (secondary N) is 1. The van der Waals surface area contributed by atoms with E-state index >= 15 is 0 Å². The molecule has 0 aliphatic heterocycles. The molecule has 1 heteroatoms. The first-order valence-corrected chi connectivity index (χ1v) is 5.62. The van der Waals surface area contributed by atoms with Gasteiger partial charge in [0.05, 0.1) is 0 Å². The number of hydrogen-bond acceptors (Lipinski definition) is 1. The molecule has 3 unspecified atom stereocenters. The number of hydrogen-bond donors (Lipinski definition) is 1. The molecule has 0 heterocycles. The topological polar surface area (TPSA) is 12.0 Å². The highest BCUT2D eigenvalue weighted by atomic mass is 14.9. The van der Waals surface area contributed by atoms with Crippen molar-refractivity contribution in [3.8, 4) is 0 Å². The highest BCUT2D eigenvalue weighted by Crippen LogP contribution is 2.15. The van der Waals surface area contributed by atoms with Crippen LogP contribution in [-0.2, 0) is 0 Å². The molecule has 1 nitrogen and oxygen atoms in total. The van der Waals surface area contributed by atoms with Crippen LogP contribution < -0.4 is 5.32 Å². The summed E-state index contributed by atoms with van der Waals surface area (Å²) >= 11 is 0. The van der Waals surface area contributed by atoms with Crippen LogP contribution in [0, 0.1) is 17.8 Å². The SMILES string of the molecule is CC(C)C(C)NC(C)C(C)C(C)C. The van der Waals surface area contributed by atoms with Crippen molar-refractivity contribution >= 4 is 0 Å². The molecule has 80 valence electrons. The van der Waals surface area contributed by atoms with E-state index in [0.29, 0.717) is 12.1 Å². The first-order chi connectivity index (χ1) is 5.86. The van der Waals surface area contributed by atoms with Gasteiger partial charge in [-0.15, -0.1) is 0 Å². The van der Waals surface area contributed by atoms with E-state index in [1.54, 1.807) is 0 Å². The molecule has 0 fully saturated rings. The van der Waals surface area contributed by atoms with Crippen molar-refractivity contribution in [1.29, 1.82) is 0 Å². The van der Waals surface area contributed by atoms with Crippen molar-refractivity contribution < 1.29 is 0 Å². The third kappa shape index (κ3) is 4.66. The molecule has 0 aliphatic rings. The van der Waals surface area contributed by atoms with Crippen molar-refractivity contribution in [1.82, 2.24) is 5.32 Å². The Labute approximate surface area is 84.3 Å². The summed E-state index contributed by atoms with van der Waals surface area (Å²) in [5, 5.41) is 3.66. The van der Waals surface area contributed by atoms with Gasteiger partial charge in [0.1, 0.15) is 0 Å². The van der Waals surface area contributed by atoms with Gasteiger partial charge in [-0.25, -0.2) is 0 Å². The molecule has 0 aromatic rings. The second-order valence-corrected chi connectivity index (χ2v) is 5.09. The van der Waals surface area contributed by atoms with Crippen molar-refractivity contribution in [2.75, 3.05) is 0 Å². The van der Waals surface area contributed by atoms with Gasteiger partial charge in [0.15, 0.2) is 0 Å². The Balaban J connectivity index is 3.92. The lowest BCUT2D eigenvalue weighted by Gasteiger charge is -2.29. The van der Waals surface area contributed by atoms with Crippen LogP contribution in [0.1, 0.15) is 48.5 Å². The molecule has 13 heavy (non-hydrogen) atoms. The van der Waals surface area contributed by atoms with Gasteiger partial charge in [-0.05, 0) is 31.6 Å². The third-order valence-electron chi connectivity index (χ3n) is 3.37. The average molecular weight is 185 g/mol. The van der Waals surface area contributed by atoms with Crippen LogP contribution in [-0.4, -0.2) is 12.1 Å². The van der Waals surface area contributed by atoms with E-state index in [0.717, 1.165) is 17.8 Å². The van der Waals surface area contributed by atoms with Crippen LogP contribution in [0.4, 0.5) is 0 Å². The molecule has 0 saturated carbocycles. The molecule has 0 radical (unpaired) electrons. The van der Waals surface area contributed by atoms with Gasteiger partial charge < -0.3 is 5.32 Å².